The summed E-state index contributed by atoms with van der Waals surface area (Å²) in [6, 6.07) is 0.590. The molecule has 1 fully saturated rings. The fourth-order valence-corrected chi connectivity index (χ4v) is 6.82. The van der Waals surface area contributed by atoms with Gasteiger partial charge in [-0.15, -0.1) is 0 Å². The van der Waals surface area contributed by atoms with Crippen LogP contribution in [0.15, 0.2) is 40.3 Å². The van der Waals surface area contributed by atoms with Gasteiger partial charge in [-0.05, 0) is 56.9 Å². The Morgan fingerprint density at radius 2 is 1.36 bits per heavy atom. The minimum atomic E-state index is -1.28. The molecule has 0 bridgehead atoms. The summed E-state index contributed by atoms with van der Waals surface area (Å²) in [5.41, 5.74) is 28.1. The van der Waals surface area contributed by atoms with Crippen LogP contribution in [0.25, 0.3) is 0 Å². The topological polar surface area (TPSA) is 387 Å². The van der Waals surface area contributed by atoms with E-state index in [-0.39, 0.29) is 69.4 Å². The minimum Gasteiger partial charge on any atom is -0.480 e. The maximum absolute atomic E-state index is 13.7. The summed E-state index contributed by atoms with van der Waals surface area (Å²) < 4.78 is 0. The average Bonchev–Trinajstić information content (AvgIpc) is 3.76. The van der Waals surface area contributed by atoms with E-state index < -0.39 is 102 Å². The van der Waals surface area contributed by atoms with Gasteiger partial charge in [-0.25, -0.2) is 4.79 Å². The van der Waals surface area contributed by atoms with Crippen LogP contribution < -0.4 is 60.6 Å². The van der Waals surface area contributed by atoms with Gasteiger partial charge in [-0.1, -0.05) is 50.6 Å². The van der Waals surface area contributed by atoms with Crippen molar-refractivity contribution in [3.63, 3.8) is 0 Å². The average molecular weight is 919 g/mol. The second-order valence-corrected chi connectivity index (χ2v) is 15.8. The lowest BCUT2D eigenvalue weighted by Crippen LogP contribution is -2.59. The van der Waals surface area contributed by atoms with Gasteiger partial charge < -0.3 is 70.6 Å². The molecular weight excluding hydrogens is 853 g/mol. The summed E-state index contributed by atoms with van der Waals surface area (Å²) in [5, 5.41) is 25.2. The summed E-state index contributed by atoms with van der Waals surface area (Å²) in [7, 11) is 0. The summed E-state index contributed by atoms with van der Waals surface area (Å²) in [4.78, 5) is 115. The molecule has 1 aliphatic rings. The molecule has 0 aromatic heterocycles. The number of nitrogens with two attached hydrogens (primary N) is 5. The molecule has 0 spiro atoms. The number of benzene rings is 1. The van der Waals surface area contributed by atoms with Crippen LogP contribution in [0.1, 0.15) is 71.3 Å². The van der Waals surface area contributed by atoms with E-state index in [0.717, 1.165) is 0 Å². The van der Waals surface area contributed by atoms with Crippen LogP contribution in [0.2, 0.25) is 0 Å². The van der Waals surface area contributed by atoms with E-state index in [4.69, 9.17) is 28.7 Å². The van der Waals surface area contributed by atoms with Crippen LogP contribution in [0.3, 0.4) is 0 Å². The Balaban J connectivity index is 2.15. The van der Waals surface area contributed by atoms with Crippen LogP contribution in [0, 0.1) is 5.92 Å². The molecule has 17 N–H and O–H groups in total. The highest BCUT2D eigenvalue weighted by atomic mass is 32.1. The number of hydrogen-bond acceptors (Lipinski definition) is 12. The largest absolute Gasteiger partial charge is 0.480 e. The number of carbonyl (C=O) groups excluding carboxylic acids is 7. The number of aliphatic imine (C=N–C) groups is 2. The van der Waals surface area contributed by atoms with Crippen molar-refractivity contribution in [1.29, 1.82) is 0 Å². The number of rotatable bonds is 27. The SMILES string of the molecule is CC[C@H](C)[C@H](NC(=O)[C@H](Cc1ccccc1)NC(=O)[C@H](C)NC(=O)[C@H](CCCN=C(N)N)NC(=O)[C@H](CS)NC(=O)[C@@H]1CCCN1C(=O)CNC(=O)[C@@H](N)CCCN=C(N)N)C(=O)O. The Kier molecular flexibility index (Phi) is 23.4. The third kappa shape index (κ3) is 18.7. The van der Waals surface area contributed by atoms with Crippen molar-refractivity contribution in [3.8, 4) is 0 Å². The van der Waals surface area contributed by atoms with E-state index in [0.29, 0.717) is 24.8 Å². The number of amides is 7. The van der Waals surface area contributed by atoms with Crippen LogP contribution >= 0.6 is 12.6 Å². The summed E-state index contributed by atoms with van der Waals surface area (Å²) in [6.45, 7) is 5.00. The van der Waals surface area contributed by atoms with Gasteiger partial charge in [0, 0.05) is 31.8 Å². The smallest absolute Gasteiger partial charge is 0.326 e. The van der Waals surface area contributed by atoms with Crippen LogP contribution in [0.5, 0.6) is 0 Å². The Bertz CT molecular complexity index is 1810. The van der Waals surface area contributed by atoms with Crippen molar-refractivity contribution >= 4 is 71.9 Å². The van der Waals surface area contributed by atoms with E-state index >= 15 is 0 Å². The van der Waals surface area contributed by atoms with Crippen molar-refractivity contribution in [3.05, 3.63) is 35.9 Å². The van der Waals surface area contributed by atoms with E-state index in [9.17, 15) is 43.5 Å². The normalized spacial score (nSPS) is 16.5. The number of thiol groups is 1. The lowest BCUT2D eigenvalue weighted by molar-refractivity contribution is -0.143. The first-order chi connectivity index (χ1) is 30.3. The van der Waals surface area contributed by atoms with Gasteiger partial charge in [-0.2, -0.15) is 12.6 Å². The number of nitrogens with zero attached hydrogens (tertiary/aromatic N) is 3. The van der Waals surface area contributed by atoms with Crippen molar-refractivity contribution in [2.75, 3.05) is 31.9 Å². The van der Waals surface area contributed by atoms with Gasteiger partial charge in [-0.3, -0.25) is 43.5 Å². The highest BCUT2D eigenvalue weighted by Gasteiger charge is 2.37. The molecule has 0 saturated carbocycles. The lowest BCUT2D eigenvalue weighted by atomic mass is 9.98. The maximum Gasteiger partial charge on any atom is 0.326 e. The maximum atomic E-state index is 13.7. The van der Waals surface area contributed by atoms with Crippen molar-refractivity contribution in [2.24, 2.45) is 44.6 Å². The highest BCUT2D eigenvalue weighted by molar-refractivity contribution is 7.80. The Hall–Kier alpha value is -6.17. The first-order valence-corrected chi connectivity index (χ1v) is 21.8. The summed E-state index contributed by atoms with van der Waals surface area (Å²) >= 11 is 4.25. The number of nitrogens with one attached hydrogen (secondary N) is 6. The zero-order chi connectivity index (χ0) is 47.9. The van der Waals surface area contributed by atoms with Gasteiger partial charge in [0.1, 0.15) is 36.3 Å². The first kappa shape index (κ1) is 54.0. The highest BCUT2D eigenvalue weighted by Crippen LogP contribution is 2.18. The van der Waals surface area contributed by atoms with Crippen molar-refractivity contribution < 1.29 is 43.5 Å². The van der Waals surface area contributed by atoms with Crippen LogP contribution in [0.4, 0.5) is 0 Å². The summed E-state index contributed by atoms with van der Waals surface area (Å²) in [5.74, 6) is -7.00. The molecule has 356 valence electrons. The Morgan fingerprint density at radius 3 is 1.94 bits per heavy atom. The minimum absolute atomic E-state index is 0.00787. The standard InChI is InChI=1S/C40H66N14O9S/c1-4-22(2)31(38(62)63)53-35(59)27(19-24-11-6-5-7-12-24)51-32(56)23(3)49-34(58)26(14-9-17-47-40(44)45)50-36(60)28(21-64)52-37(61)29-15-10-18-54(29)30(55)20-48-33(57)25(41)13-8-16-46-39(42)43/h5-7,11-12,22-23,25-29,31,64H,4,8-10,13-21,41H2,1-3H3,(H,48,57)(H,49,58)(H,50,60)(H,51,56)(H,52,61)(H,53,59)(H,62,63)(H4,42,43,46)(H4,44,45,47)/t22-,23-,25-,26-,27-,28-,29-,31-/m0/s1. The van der Waals surface area contributed by atoms with Crippen LogP contribution in [-0.2, 0) is 44.8 Å². The van der Waals surface area contributed by atoms with Gasteiger partial charge in [0.2, 0.25) is 41.4 Å². The number of likely N-dealkylation sites (tertiary alicyclic amines) is 1. The molecule has 64 heavy (non-hydrogen) atoms. The van der Waals surface area contributed by atoms with Gasteiger partial charge in [0.15, 0.2) is 11.9 Å². The summed E-state index contributed by atoms with van der Waals surface area (Å²) in [6.07, 6.45) is 2.10. The second kappa shape index (κ2) is 27.8. The van der Waals surface area contributed by atoms with E-state index in [1.165, 1.54) is 11.8 Å². The zero-order valence-corrected chi connectivity index (χ0v) is 37.5. The van der Waals surface area contributed by atoms with Gasteiger partial charge in [0.25, 0.3) is 0 Å². The molecule has 23 nitrogen and oxygen atoms in total. The Morgan fingerprint density at radius 1 is 0.781 bits per heavy atom. The molecule has 1 aromatic carbocycles. The third-order valence-electron chi connectivity index (χ3n) is 10.4. The third-order valence-corrected chi connectivity index (χ3v) is 10.8. The monoisotopic (exact) mass is 918 g/mol. The number of aliphatic carboxylic acids is 1. The molecule has 1 saturated heterocycles. The zero-order valence-electron chi connectivity index (χ0n) is 36.6. The fourth-order valence-electron chi connectivity index (χ4n) is 6.56. The van der Waals surface area contributed by atoms with Gasteiger partial charge in [0.05, 0.1) is 12.6 Å². The quantitative estimate of drug-likeness (QED) is 0.0175. The molecule has 1 aliphatic heterocycles. The fraction of sp³-hybridized carbons (Fsp3) is 0.600. The molecule has 24 heteroatoms. The number of guanidine groups is 2. The van der Waals surface area contributed by atoms with Crippen molar-refractivity contribution in [2.45, 2.75) is 114 Å². The first-order valence-electron chi connectivity index (χ1n) is 21.1. The number of hydrogen-bond donors (Lipinski definition) is 13. The number of carbonyl (C=O) groups is 8. The van der Waals surface area contributed by atoms with Crippen LogP contribution in [-0.4, -0.2) is 143 Å². The molecule has 8 atom stereocenters. The number of carboxylic acid groups (broad SMARTS) is 1. The molecule has 0 unspecified atom stereocenters. The molecular formula is C40H66N14O9S. The van der Waals surface area contributed by atoms with Crippen molar-refractivity contribution in [1.82, 2.24) is 36.8 Å². The molecule has 2 rings (SSSR count). The van der Waals surface area contributed by atoms with E-state index in [2.05, 4.69) is 54.5 Å². The molecule has 0 radical (unpaired) electrons. The molecule has 0 aliphatic carbocycles. The molecule has 7 amide bonds. The van der Waals surface area contributed by atoms with E-state index in [1.807, 2.05) is 0 Å². The predicted molar refractivity (Wildman–Crippen MR) is 242 cm³/mol. The second-order valence-electron chi connectivity index (χ2n) is 15.5. The number of carboxylic acids is 1. The molecule has 1 aromatic rings. The predicted octanol–water partition coefficient (Wildman–Crippen LogP) is -3.72. The van der Waals surface area contributed by atoms with E-state index in [1.54, 1.807) is 44.2 Å². The van der Waals surface area contributed by atoms with Gasteiger partial charge >= 0.3 is 5.97 Å². The Labute approximate surface area is 378 Å². The lowest BCUT2D eigenvalue weighted by Gasteiger charge is -2.28. The molecule has 1 heterocycles.